The normalized spacial score (nSPS) is 9.75. The molecule has 0 saturated heterocycles. The molecule has 0 aromatic heterocycles. The molecule has 2 aromatic rings. The third-order valence-electron chi connectivity index (χ3n) is 2.27. The average Bonchev–Trinajstić information content (AvgIpc) is 2.39. The molecule has 2 aromatic carbocycles. The van der Waals surface area contributed by atoms with Crippen molar-refractivity contribution >= 4 is 23.9 Å². The number of carbonyl (C=O) groups is 1. The molecule has 0 N–H and O–H groups in total. The summed E-state index contributed by atoms with van der Waals surface area (Å²) in [7, 11) is 0. The summed E-state index contributed by atoms with van der Waals surface area (Å²) in [6.07, 6.45) is 0. The van der Waals surface area contributed by atoms with Crippen molar-refractivity contribution in [1.82, 2.24) is 0 Å². The number of benzene rings is 2. The third kappa shape index (κ3) is 2.20. The molecule has 16 heavy (non-hydrogen) atoms. The van der Waals surface area contributed by atoms with Gasteiger partial charge < -0.3 is 0 Å². The molecular formula is C13H9NOS. The minimum Gasteiger partial charge on any atom is -0.289 e. The van der Waals surface area contributed by atoms with Crippen LogP contribution in [0.15, 0.2) is 59.0 Å². The van der Waals surface area contributed by atoms with E-state index in [1.54, 1.807) is 36.4 Å². The van der Waals surface area contributed by atoms with Gasteiger partial charge in [-0.05, 0) is 24.3 Å². The molecule has 0 fully saturated rings. The topological polar surface area (TPSA) is 29.4 Å². The fourth-order valence-electron chi connectivity index (χ4n) is 1.43. The van der Waals surface area contributed by atoms with Crippen LogP contribution in [-0.4, -0.2) is 5.78 Å². The Labute approximate surface area is 99.1 Å². The van der Waals surface area contributed by atoms with E-state index in [-0.39, 0.29) is 5.78 Å². The molecule has 0 atom stereocenters. The quantitative estimate of drug-likeness (QED) is 0.753. The summed E-state index contributed by atoms with van der Waals surface area (Å²) < 4.78 is 3.62. The Hall–Kier alpha value is -1.87. The summed E-state index contributed by atoms with van der Waals surface area (Å²) >= 11 is 4.56. The van der Waals surface area contributed by atoms with Crippen molar-refractivity contribution in [2.75, 3.05) is 0 Å². The predicted molar refractivity (Wildman–Crippen MR) is 65.8 cm³/mol. The van der Waals surface area contributed by atoms with E-state index in [2.05, 4.69) is 16.8 Å². The Bertz CT molecular complexity index is 505. The SMILES string of the molecule is O=C(c1ccccc1)c1ccc(N=S)cc1. The molecule has 0 amide bonds. The van der Waals surface area contributed by atoms with Crippen LogP contribution in [0.2, 0.25) is 0 Å². The van der Waals surface area contributed by atoms with Gasteiger partial charge in [0, 0.05) is 23.6 Å². The first kappa shape index (κ1) is 10.6. The summed E-state index contributed by atoms with van der Waals surface area (Å²) in [5, 5.41) is 0. The summed E-state index contributed by atoms with van der Waals surface area (Å²) in [4.78, 5) is 12.0. The van der Waals surface area contributed by atoms with Crippen LogP contribution in [-0.2, 0) is 12.4 Å². The lowest BCUT2D eigenvalue weighted by molar-refractivity contribution is 0.103. The van der Waals surface area contributed by atoms with Gasteiger partial charge in [-0.25, -0.2) is 0 Å². The van der Waals surface area contributed by atoms with E-state index in [1.165, 1.54) is 0 Å². The zero-order valence-electron chi connectivity index (χ0n) is 8.46. The van der Waals surface area contributed by atoms with Crippen molar-refractivity contribution in [3.8, 4) is 0 Å². The maximum atomic E-state index is 12.0. The zero-order valence-corrected chi connectivity index (χ0v) is 9.28. The van der Waals surface area contributed by atoms with Crippen LogP contribution in [0.4, 0.5) is 5.69 Å². The van der Waals surface area contributed by atoms with Crippen LogP contribution in [0.3, 0.4) is 0 Å². The van der Waals surface area contributed by atoms with Crippen molar-refractivity contribution in [3.63, 3.8) is 0 Å². The molecule has 78 valence electrons. The average molecular weight is 227 g/mol. The molecule has 2 nitrogen and oxygen atoms in total. The van der Waals surface area contributed by atoms with Gasteiger partial charge in [0.15, 0.2) is 5.78 Å². The minimum absolute atomic E-state index is 0.0107. The van der Waals surface area contributed by atoms with Crippen molar-refractivity contribution < 1.29 is 4.79 Å². The smallest absolute Gasteiger partial charge is 0.193 e. The van der Waals surface area contributed by atoms with E-state index in [0.29, 0.717) is 16.8 Å². The molecule has 0 radical (unpaired) electrons. The lowest BCUT2D eigenvalue weighted by Crippen LogP contribution is -1.99. The summed E-state index contributed by atoms with van der Waals surface area (Å²) in [5.41, 5.74) is 2.03. The van der Waals surface area contributed by atoms with Crippen molar-refractivity contribution in [1.29, 1.82) is 0 Å². The molecular weight excluding hydrogens is 218 g/mol. The Morgan fingerprint density at radius 2 is 1.44 bits per heavy atom. The molecule has 0 spiro atoms. The number of carbonyl (C=O) groups excluding carboxylic acids is 1. The van der Waals surface area contributed by atoms with E-state index in [4.69, 9.17) is 0 Å². The van der Waals surface area contributed by atoms with Gasteiger partial charge in [-0.1, -0.05) is 30.3 Å². The highest BCUT2D eigenvalue weighted by molar-refractivity contribution is 7.47. The van der Waals surface area contributed by atoms with Gasteiger partial charge in [0.2, 0.25) is 0 Å². The largest absolute Gasteiger partial charge is 0.289 e. The summed E-state index contributed by atoms with van der Waals surface area (Å²) in [6, 6.07) is 16.1. The van der Waals surface area contributed by atoms with E-state index >= 15 is 0 Å². The van der Waals surface area contributed by atoms with Crippen molar-refractivity contribution in [2.24, 2.45) is 4.36 Å². The van der Waals surface area contributed by atoms with Gasteiger partial charge in [-0.3, -0.25) is 4.79 Å². The second kappa shape index (κ2) is 4.77. The second-order valence-corrected chi connectivity index (χ2v) is 3.52. The monoisotopic (exact) mass is 227 g/mol. The standard InChI is InChI=1S/C13H9NOS/c15-13(10-4-2-1-3-5-10)11-6-8-12(14-16)9-7-11/h1-9H. The second-order valence-electron chi connectivity index (χ2n) is 3.33. The van der Waals surface area contributed by atoms with Gasteiger partial charge in [0.25, 0.3) is 0 Å². The number of rotatable bonds is 3. The number of hydrogen-bond donors (Lipinski definition) is 0. The Morgan fingerprint density at radius 3 is 2.00 bits per heavy atom. The first-order chi connectivity index (χ1) is 7.81. The van der Waals surface area contributed by atoms with Gasteiger partial charge >= 0.3 is 0 Å². The van der Waals surface area contributed by atoms with Crippen molar-refractivity contribution in [2.45, 2.75) is 0 Å². The Morgan fingerprint density at radius 1 is 0.875 bits per heavy atom. The van der Waals surface area contributed by atoms with Gasteiger partial charge in [0.1, 0.15) is 0 Å². The maximum Gasteiger partial charge on any atom is 0.193 e. The van der Waals surface area contributed by atoms with Gasteiger partial charge in [-0.15, -0.1) is 0 Å². The molecule has 0 unspecified atom stereocenters. The first-order valence-electron chi connectivity index (χ1n) is 4.84. The minimum atomic E-state index is 0.0107. The number of nitrogens with zero attached hydrogens (tertiary/aromatic N) is 1. The highest BCUT2D eigenvalue weighted by Gasteiger charge is 2.07. The van der Waals surface area contributed by atoms with E-state index < -0.39 is 0 Å². The van der Waals surface area contributed by atoms with E-state index in [0.717, 1.165) is 0 Å². The molecule has 0 heterocycles. The van der Waals surface area contributed by atoms with Gasteiger partial charge in [-0.2, -0.15) is 4.36 Å². The summed E-state index contributed by atoms with van der Waals surface area (Å²) in [6.45, 7) is 0. The lowest BCUT2D eigenvalue weighted by Gasteiger charge is -2.00. The molecule has 0 aliphatic carbocycles. The van der Waals surface area contributed by atoms with Crippen LogP contribution in [0.1, 0.15) is 15.9 Å². The van der Waals surface area contributed by atoms with Crippen molar-refractivity contribution in [3.05, 3.63) is 65.7 Å². The maximum absolute atomic E-state index is 12.0. The number of ketones is 1. The molecule has 2 rings (SSSR count). The molecule has 0 saturated carbocycles. The van der Waals surface area contributed by atoms with E-state index in [1.807, 2.05) is 18.2 Å². The van der Waals surface area contributed by atoms with E-state index in [9.17, 15) is 4.79 Å². The molecule has 3 heteroatoms. The predicted octanol–water partition coefficient (Wildman–Crippen LogP) is 3.28. The van der Waals surface area contributed by atoms with Crippen LogP contribution in [0, 0.1) is 0 Å². The highest BCUT2D eigenvalue weighted by Crippen LogP contribution is 2.15. The number of hydrogen-bond acceptors (Lipinski definition) is 3. The fourth-order valence-corrected chi connectivity index (χ4v) is 1.55. The van der Waals surface area contributed by atoms with Gasteiger partial charge in [0.05, 0.1) is 5.69 Å². The van der Waals surface area contributed by atoms with Crippen LogP contribution in [0.5, 0.6) is 0 Å². The first-order valence-corrected chi connectivity index (χ1v) is 5.21. The molecule has 0 aliphatic rings. The zero-order chi connectivity index (χ0) is 11.4. The molecule has 0 bridgehead atoms. The third-order valence-corrected chi connectivity index (χ3v) is 2.48. The Balaban J connectivity index is 2.31. The molecule has 0 aliphatic heterocycles. The fraction of sp³-hybridized carbons (Fsp3) is 0. The van der Waals surface area contributed by atoms with Crippen LogP contribution < -0.4 is 0 Å². The Kier molecular flexibility index (Phi) is 3.17. The van der Waals surface area contributed by atoms with Crippen LogP contribution in [0.25, 0.3) is 0 Å². The summed E-state index contributed by atoms with van der Waals surface area (Å²) in [5.74, 6) is 0.0107. The highest BCUT2D eigenvalue weighted by atomic mass is 32.1. The lowest BCUT2D eigenvalue weighted by atomic mass is 10.0. The van der Waals surface area contributed by atoms with Crippen LogP contribution >= 0.6 is 0 Å².